The number of hydrogen-bond acceptors (Lipinski definition) is 2. The molecule has 0 amide bonds. The van der Waals surface area contributed by atoms with Gasteiger partial charge in [-0.25, -0.2) is 0 Å². The summed E-state index contributed by atoms with van der Waals surface area (Å²) in [6, 6.07) is 6.49. The van der Waals surface area contributed by atoms with Gasteiger partial charge in [-0.1, -0.05) is 29.8 Å². The highest BCUT2D eigenvalue weighted by atomic mass is 35.5. The Morgan fingerprint density at radius 3 is 2.07 bits per heavy atom. The van der Waals surface area contributed by atoms with E-state index in [1.54, 1.807) is 24.3 Å². The lowest BCUT2D eigenvalue weighted by Crippen LogP contribution is -1.96. The molecule has 1 aromatic rings. The average Bonchev–Trinajstić information content (AvgIpc) is 2.21. The van der Waals surface area contributed by atoms with E-state index in [4.69, 9.17) is 28.3 Å². The zero-order valence-electron chi connectivity index (χ0n) is 7.63. The van der Waals surface area contributed by atoms with Gasteiger partial charge in [0.25, 0.3) is 0 Å². The van der Waals surface area contributed by atoms with Crippen molar-refractivity contribution in [1.82, 2.24) is 0 Å². The number of halogens is 2. The normalized spacial score (nSPS) is 8.57. The van der Waals surface area contributed by atoms with Crippen molar-refractivity contribution < 1.29 is 9.90 Å². The van der Waals surface area contributed by atoms with Crippen molar-refractivity contribution in [1.29, 1.82) is 0 Å². The molecule has 0 radical (unpaired) electrons. The van der Waals surface area contributed by atoms with Crippen LogP contribution in [0, 0.1) is 0 Å². The van der Waals surface area contributed by atoms with Crippen LogP contribution in [-0.2, 0) is 0 Å². The quantitative estimate of drug-likeness (QED) is 0.629. The number of rotatable bonds is 2. The number of aliphatic hydroxyl groups is 1. The summed E-state index contributed by atoms with van der Waals surface area (Å²) in [5.74, 6) is -0.270. The summed E-state index contributed by atoms with van der Waals surface area (Å²) in [7, 11) is 1.00. The van der Waals surface area contributed by atoms with Crippen LogP contribution in [0.2, 0.25) is 5.02 Å². The molecule has 0 heterocycles. The van der Waals surface area contributed by atoms with Crippen LogP contribution < -0.4 is 0 Å². The molecule has 1 N–H and O–H groups in total. The number of aliphatic hydroxyl groups excluding tert-OH is 1. The molecule has 0 saturated carbocycles. The maximum atomic E-state index is 11.2. The van der Waals surface area contributed by atoms with Crippen molar-refractivity contribution >= 4 is 29.0 Å². The minimum atomic E-state index is -0.270. The number of ketones is 1. The second-order valence-corrected chi connectivity index (χ2v) is 3.13. The number of benzene rings is 1. The number of hydrogen-bond donors (Lipinski definition) is 1. The Morgan fingerprint density at radius 2 is 1.71 bits per heavy atom. The van der Waals surface area contributed by atoms with Crippen molar-refractivity contribution in [3.8, 4) is 0 Å². The van der Waals surface area contributed by atoms with Gasteiger partial charge >= 0.3 is 0 Å². The third kappa shape index (κ3) is 3.92. The third-order valence-corrected chi connectivity index (χ3v) is 1.78. The summed E-state index contributed by atoms with van der Waals surface area (Å²) in [4.78, 5) is 11.2. The standard InChI is InChI=1S/C9H6Cl2O.CH4O/c1-6(10)9(12)7-2-4-8(11)5-3-7;1-2/h2-5H,1H2;2H,1H3. The summed E-state index contributed by atoms with van der Waals surface area (Å²) < 4.78 is 0. The first-order chi connectivity index (χ1) is 6.61. The van der Waals surface area contributed by atoms with E-state index < -0.39 is 0 Å². The van der Waals surface area contributed by atoms with Crippen LogP contribution in [0.5, 0.6) is 0 Å². The molecule has 0 fully saturated rings. The molecular weight excluding hydrogens is 223 g/mol. The maximum absolute atomic E-state index is 11.2. The molecule has 2 nitrogen and oxygen atoms in total. The van der Waals surface area contributed by atoms with E-state index in [1.807, 2.05) is 0 Å². The SMILES string of the molecule is C=C(Cl)C(=O)c1ccc(Cl)cc1.CO. The van der Waals surface area contributed by atoms with E-state index in [9.17, 15) is 4.79 Å². The van der Waals surface area contributed by atoms with E-state index >= 15 is 0 Å². The summed E-state index contributed by atoms with van der Waals surface area (Å²) in [6.45, 7) is 3.34. The van der Waals surface area contributed by atoms with Gasteiger partial charge < -0.3 is 5.11 Å². The highest BCUT2D eigenvalue weighted by Gasteiger charge is 2.06. The second kappa shape index (κ2) is 6.60. The summed E-state index contributed by atoms with van der Waals surface area (Å²) >= 11 is 11.1. The Kier molecular flexibility index (Phi) is 6.21. The highest BCUT2D eigenvalue weighted by molar-refractivity contribution is 6.44. The molecule has 0 bridgehead atoms. The predicted octanol–water partition coefficient (Wildman–Crippen LogP) is 2.88. The van der Waals surface area contributed by atoms with Gasteiger partial charge in [-0.15, -0.1) is 0 Å². The molecule has 0 atom stereocenters. The van der Waals surface area contributed by atoms with Crippen LogP contribution in [0.1, 0.15) is 10.4 Å². The topological polar surface area (TPSA) is 37.3 Å². The Hall–Kier alpha value is -0.830. The van der Waals surface area contributed by atoms with Gasteiger partial charge in [-0.05, 0) is 24.3 Å². The zero-order chi connectivity index (χ0) is 11.1. The summed E-state index contributed by atoms with van der Waals surface area (Å²) in [6.07, 6.45) is 0. The van der Waals surface area contributed by atoms with Gasteiger partial charge in [0.05, 0.1) is 5.03 Å². The van der Waals surface area contributed by atoms with Gasteiger partial charge in [0.15, 0.2) is 0 Å². The van der Waals surface area contributed by atoms with E-state index in [0.717, 1.165) is 7.11 Å². The largest absolute Gasteiger partial charge is 0.400 e. The monoisotopic (exact) mass is 232 g/mol. The van der Waals surface area contributed by atoms with E-state index in [-0.39, 0.29) is 10.8 Å². The minimum Gasteiger partial charge on any atom is -0.400 e. The fourth-order valence-electron chi connectivity index (χ4n) is 0.758. The molecule has 1 rings (SSSR count). The Balaban J connectivity index is 0.000000791. The fourth-order valence-corrected chi connectivity index (χ4v) is 0.993. The molecule has 14 heavy (non-hydrogen) atoms. The van der Waals surface area contributed by atoms with Crippen LogP contribution >= 0.6 is 23.2 Å². The minimum absolute atomic E-state index is 0.0114. The van der Waals surface area contributed by atoms with Crippen LogP contribution in [0.25, 0.3) is 0 Å². The first kappa shape index (κ1) is 13.2. The number of Topliss-reactive ketones (excluding diaryl/α,β-unsaturated/α-hetero) is 1. The summed E-state index contributed by atoms with van der Waals surface area (Å²) in [5.41, 5.74) is 0.499. The van der Waals surface area contributed by atoms with Gasteiger partial charge in [0, 0.05) is 17.7 Å². The lowest BCUT2D eigenvalue weighted by Gasteiger charge is -1.96. The smallest absolute Gasteiger partial charge is 0.203 e. The Labute approximate surface area is 92.8 Å². The van der Waals surface area contributed by atoms with Crippen LogP contribution in [0.3, 0.4) is 0 Å². The molecule has 76 valence electrons. The lowest BCUT2D eigenvalue weighted by atomic mass is 10.1. The predicted molar refractivity (Wildman–Crippen MR) is 58.9 cm³/mol. The zero-order valence-corrected chi connectivity index (χ0v) is 9.14. The van der Waals surface area contributed by atoms with Crippen LogP contribution in [-0.4, -0.2) is 18.0 Å². The first-order valence-electron chi connectivity index (χ1n) is 3.70. The van der Waals surface area contributed by atoms with Crippen molar-refractivity contribution in [3.05, 3.63) is 46.5 Å². The molecule has 0 unspecified atom stereocenters. The highest BCUT2D eigenvalue weighted by Crippen LogP contribution is 2.13. The number of carbonyl (C=O) groups is 1. The molecule has 0 aliphatic carbocycles. The molecule has 1 aromatic carbocycles. The van der Waals surface area contributed by atoms with Gasteiger partial charge in [0.2, 0.25) is 5.78 Å². The Morgan fingerprint density at radius 1 is 1.29 bits per heavy atom. The van der Waals surface area contributed by atoms with E-state index in [2.05, 4.69) is 6.58 Å². The maximum Gasteiger partial charge on any atom is 0.203 e. The van der Waals surface area contributed by atoms with Crippen LogP contribution in [0.4, 0.5) is 0 Å². The van der Waals surface area contributed by atoms with Crippen molar-refractivity contribution in [3.63, 3.8) is 0 Å². The Bertz CT molecular complexity index is 317. The summed E-state index contributed by atoms with van der Waals surface area (Å²) in [5, 5.41) is 7.60. The fraction of sp³-hybridized carbons (Fsp3) is 0.100. The molecular formula is C10H10Cl2O2. The van der Waals surface area contributed by atoms with Gasteiger partial charge in [-0.2, -0.15) is 0 Å². The molecule has 0 aliphatic heterocycles. The molecule has 0 aromatic heterocycles. The molecule has 0 saturated heterocycles. The van der Waals surface area contributed by atoms with Crippen molar-refractivity contribution in [2.45, 2.75) is 0 Å². The van der Waals surface area contributed by atoms with E-state index in [0.29, 0.717) is 10.6 Å². The average molecular weight is 233 g/mol. The first-order valence-corrected chi connectivity index (χ1v) is 4.46. The number of allylic oxidation sites excluding steroid dienone is 1. The van der Waals surface area contributed by atoms with Crippen LogP contribution in [0.15, 0.2) is 35.9 Å². The van der Waals surface area contributed by atoms with Crippen molar-refractivity contribution in [2.75, 3.05) is 7.11 Å². The van der Waals surface area contributed by atoms with Gasteiger partial charge in [0.1, 0.15) is 0 Å². The third-order valence-electron chi connectivity index (χ3n) is 1.35. The molecule has 4 heteroatoms. The van der Waals surface area contributed by atoms with Gasteiger partial charge in [-0.3, -0.25) is 4.79 Å². The van der Waals surface area contributed by atoms with Crippen molar-refractivity contribution in [2.24, 2.45) is 0 Å². The molecule has 0 spiro atoms. The number of carbonyl (C=O) groups excluding carboxylic acids is 1. The second-order valence-electron chi connectivity index (χ2n) is 2.24. The lowest BCUT2D eigenvalue weighted by molar-refractivity contribution is 0.104. The van der Waals surface area contributed by atoms with E-state index in [1.165, 1.54) is 0 Å². The molecule has 0 aliphatic rings.